The lowest BCUT2D eigenvalue weighted by atomic mass is 10.1. The van der Waals surface area contributed by atoms with Gasteiger partial charge in [-0.3, -0.25) is 4.79 Å². The predicted octanol–water partition coefficient (Wildman–Crippen LogP) is 3.92. The summed E-state index contributed by atoms with van der Waals surface area (Å²) in [6.07, 6.45) is 4.40. The molecule has 6 heteroatoms. The van der Waals surface area contributed by atoms with Gasteiger partial charge in [0.2, 0.25) is 0 Å². The summed E-state index contributed by atoms with van der Waals surface area (Å²) in [6.45, 7) is 2.39. The second-order valence-corrected chi connectivity index (χ2v) is 6.12. The maximum Gasteiger partial charge on any atom is 0.255 e. The van der Waals surface area contributed by atoms with Gasteiger partial charge in [-0.1, -0.05) is 29.3 Å². The van der Waals surface area contributed by atoms with Crippen LogP contribution in [-0.2, 0) is 6.42 Å². The van der Waals surface area contributed by atoms with Gasteiger partial charge in [-0.15, -0.1) is 0 Å². The van der Waals surface area contributed by atoms with Crippen molar-refractivity contribution in [1.29, 1.82) is 0 Å². The molecule has 0 aliphatic heterocycles. The van der Waals surface area contributed by atoms with Crippen LogP contribution in [0.1, 0.15) is 21.6 Å². The van der Waals surface area contributed by atoms with Gasteiger partial charge in [0.15, 0.2) is 0 Å². The normalized spacial score (nSPS) is 10.9. The summed E-state index contributed by atoms with van der Waals surface area (Å²) < 4.78 is 1.85. The Morgan fingerprint density at radius 1 is 1.30 bits per heavy atom. The molecule has 3 aromatic rings. The number of aromatic nitrogens is 2. The van der Waals surface area contributed by atoms with Crippen molar-refractivity contribution in [2.45, 2.75) is 13.3 Å². The van der Waals surface area contributed by atoms with Gasteiger partial charge in [0.1, 0.15) is 5.65 Å². The lowest BCUT2D eigenvalue weighted by Gasteiger charge is -2.08. The quantitative estimate of drug-likeness (QED) is 0.777. The smallest absolute Gasteiger partial charge is 0.255 e. The summed E-state index contributed by atoms with van der Waals surface area (Å²) in [5, 5.41) is 4.12. The zero-order valence-electron chi connectivity index (χ0n) is 12.5. The molecule has 0 saturated heterocycles. The van der Waals surface area contributed by atoms with E-state index in [9.17, 15) is 4.79 Å². The highest BCUT2D eigenvalue weighted by Crippen LogP contribution is 2.21. The van der Waals surface area contributed by atoms with E-state index >= 15 is 0 Å². The van der Waals surface area contributed by atoms with Gasteiger partial charge in [0.25, 0.3) is 5.91 Å². The van der Waals surface area contributed by atoms with Crippen molar-refractivity contribution >= 4 is 34.8 Å². The number of pyridine rings is 1. The van der Waals surface area contributed by atoms with Gasteiger partial charge in [-0.05, 0) is 43.2 Å². The van der Waals surface area contributed by atoms with Crippen LogP contribution < -0.4 is 5.32 Å². The van der Waals surface area contributed by atoms with Crippen molar-refractivity contribution in [3.63, 3.8) is 0 Å². The minimum Gasteiger partial charge on any atom is -0.352 e. The number of imidazole rings is 1. The summed E-state index contributed by atoms with van der Waals surface area (Å²) in [5.41, 5.74) is 3.04. The molecule has 0 saturated carbocycles. The van der Waals surface area contributed by atoms with Crippen LogP contribution in [0.2, 0.25) is 10.0 Å². The van der Waals surface area contributed by atoms with Gasteiger partial charge < -0.3 is 9.72 Å². The number of aryl methyl sites for hydroxylation is 1. The largest absolute Gasteiger partial charge is 0.352 e. The van der Waals surface area contributed by atoms with E-state index in [2.05, 4.69) is 10.3 Å². The first-order chi connectivity index (χ1) is 11.0. The zero-order chi connectivity index (χ0) is 16.4. The number of amides is 1. The van der Waals surface area contributed by atoms with E-state index in [-0.39, 0.29) is 5.91 Å². The van der Waals surface area contributed by atoms with Crippen molar-refractivity contribution in [2.75, 3.05) is 6.54 Å². The molecule has 118 valence electrons. The van der Waals surface area contributed by atoms with Gasteiger partial charge >= 0.3 is 0 Å². The first kappa shape index (κ1) is 15.8. The Bertz CT molecular complexity index is 873. The Morgan fingerprint density at radius 2 is 2.13 bits per heavy atom. The molecule has 0 radical (unpaired) electrons. The molecule has 1 amide bonds. The third-order valence-corrected chi connectivity index (χ3v) is 4.13. The van der Waals surface area contributed by atoms with Crippen LogP contribution in [0.25, 0.3) is 5.65 Å². The van der Waals surface area contributed by atoms with E-state index in [1.807, 2.05) is 35.9 Å². The lowest BCUT2D eigenvalue weighted by molar-refractivity contribution is 0.0955. The number of carbonyl (C=O) groups excluding carboxylic acids is 1. The standard InChI is InChI=1S/C17H15Cl2N3O/c1-11-10-22-8-2-3-14(16(22)21-11)17(23)20-7-6-12-4-5-13(18)9-15(12)19/h2-5,8-10H,6-7H2,1H3,(H,20,23). The average molecular weight is 348 g/mol. The molecule has 2 heterocycles. The van der Waals surface area contributed by atoms with E-state index in [0.717, 1.165) is 11.3 Å². The molecule has 0 spiro atoms. The number of hydrogen-bond donors (Lipinski definition) is 1. The fourth-order valence-corrected chi connectivity index (χ4v) is 2.95. The topological polar surface area (TPSA) is 46.4 Å². The summed E-state index contributed by atoms with van der Waals surface area (Å²) in [6, 6.07) is 8.97. The third-order valence-electron chi connectivity index (χ3n) is 3.54. The van der Waals surface area contributed by atoms with Crippen LogP contribution in [0.15, 0.2) is 42.7 Å². The number of hydrogen-bond acceptors (Lipinski definition) is 2. The van der Waals surface area contributed by atoms with Crippen LogP contribution in [0.4, 0.5) is 0 Å². The first-order valence-corrected chi connectivity index (χ1v) is 7.96. The van der Waals surface area contributed by atoms with E-state index in [4.69, 9.17) is 23.2 Å². The highest BCUT2D eigenvalue weighted by atomic mass is 35.5. The number of fused-ring (bicyclic) bond motifs is 1. The predicted molar refractivity (Wildman–Crippen MR) is 92.4 cm³/mol. The Balaban J connectivity index is 1.69. The number of nitrogens with zero attached hydrogens (tertiary/aromatic N) is 2. The molecule has 0 atom stereocenters. The van der Waals surface area contributed by atoms with Crippen LogP contribution in [-0.4, -0.2) is 21.8 Å². The SMILES string of the molecule is Cc1cn2cccc(C(=O)NCCc3ccc(Cl)cc3Cl)c2n1. The molecule has 1 N–H and O–H groups in total. The number of halogens is 2. The zero-order valence-corrected chi connectivity index (χ0v) is 14.0. The number of carbonyl (C=O) groups is 1. The molecule has 3 rings (SSSR count). The molecule has 0 aliphatic rings. The Labute approximate surface area is 144 Å². The minimum absolute atomic E-state index is 0.147. The molecule has 1 aromatic carbocycles. The first-order valence-electron chi connectivity index (χ1n) is 7.21. The van der Waals surface area contributed by atoms with Gasteiger partial charge in [-0.25, -0.2) is 4.98 Å². The fourth-order valence-electron chi connectivity index (χ4n) is 2.44. The van der Waals surface area contributed by atoms with Crippen molar-refractivity contribution in [1.82, 2.24) is 14.7 Å². The summed E-state index contributed by atoms with van der Waals surface area (Å²) in [4.78, 5) is 16.8. The van der Waals surface area contributed by atoms with Crippen LogP contribution in [0.5, 0.6) is 0 Å². The van der Waals surface area contributed by atoms with Gasteiger partial charge in [0.05, 0.1) is 11.3 Å². The fraction of sp³-hybridized carbons (Fsp3) is 0.176. The molecular weight excluding hydrogens is 333 g/mol. The second kappa shape index (κ2) is 6.60. The molecular formula is C17H15Cl2N3O. The van der Waals surface area contributed by atoms with Crippen molar-refractivity contribution < 1.29 is 4.79 Å². The molecule has 0 unspecified atom stereocenters. The highest BCUT2D eigenvalue weighted by molar-refractivity contribution is 6.35. The molecule has 0 aliphatic carbocycles. The number of rotatable bonds is 4. The Hall–Kier alpha value is -2.04. The van der Waals surface area contributed by atoms with Crippen LogP contribution in [0, 0.1) is 6.92 Å². The Morgan fingerprint density at radius 3 is 2.91 bits per heavy atom. The highest BCUT2D eigenvalue weighted by Gasteiger charge is 2.12. The molecule has 2 aromatic heterocycles. The van der Waals surface area contributed by atoms with Crippen LogP contribution >= 0.6 is 23.2 Å². The minimum atomic E-state index is -0.147. The second-order valence-electron chi connectivity index (χ2n) is 5.28. The van der Waals surface area contributed by atoms with E-state index in [1.165, 1.54) is 0 Å². The van der Waals surface area contributed by atoms with Crippen molar-refractivity contribution in [2.24, 2.45) is 0 Å². The maximum absolute atomic E-state index is 12.4. The van der Waals surface area contributed by atoms with Gasteiger partial charge in [-0.2, -0.15) is 0 Å². The average Bonchev–Trinajstić information content (AvgIpc) is 2.89. The van der Waals surface area contributed by atoms with E-state index in [0.29, 0.717) is 34.2 Å². The Kier molecular flexibility index (Phi) is 4.55. The summed E-state index contributed by atoms with van der Waals surface area (Å²) in [7, 11) is 0. The number of benzene rings is 1. The van der Waals surface area contributed by atoms with Crippen molar-refractivity contribution in [3.8, 4) is 0 Å². The summed E-state index contributed by atoms with van der Waals surface area (Å²) in [5.74, 6) is -0.147. The third kappa shape index (κ3) is 3.49. The van der Waals surface area contributed by atoms with Gasteiger partial charge in [0, 0.05) is 29.0 Å². The molecule has 0 bridgehead atoms. The molecule has 23 heavy (non-hydrogen) atoms. The van der Waals surface area contributed by atoms with E-state index in [1.54, 1.807) is 18.2 Å². The van der Waals surface area contributed by atoms with Crippen molar-refractivity contribution in [3.05, 3.63) is 69.6 Å². The summed E-state index contributed by atoms with van der Waals surface area (Å²) >= 11 is 12.0. The number of nitrogens with one attached hydrogen (secondary N) is 1. The van der Waals surface area contributed by atoms with Crippen LogP contribution in [0.3, 0.4) is 0 Å². The molecule has 0 fully saturated rings. The van der Waals surface area contributed by atoms with E-state index < -0.39 is 0 Å². The molecule has 4 nitrogen and oxygen atoms in total. The maximum atomic E-state index is 12.4. The monoisotopic (exact) mass is 347 g/mol. The lowest BCUT2D eigenvalue weighted by Crippen LogP contribution is -2.26.